The number of nitrogens with zero attached hydrogens (tertiary/aromatic N) is 2. The largest absolute Gasteiger partial charge is 0.456 e. The fourth-order valence-corrected chi connectivity index (χ4v) is 1.57. The fraction of sp³-hybridized carbons (Fsp3) is 0.267. The molecule has 20 heavy (non-hydrogen) atoms. The van der Waals surface area contributed by atoms with E-state index in [-0.39, 0.29) is 0 Å². The number of aromatic nitrogens is 2. The van der Waals surface area contributed by atoms with E-state index in [2.05, 4.69) is 16.8 Å². The Bertz CT molecular complexity index is 608. The highest BCUT2D eigenvalue weighted by Crippen LogP contribution is 2.22. The molecular weight excluding hydrogens is 256 g/mol. The highest BCUT2D eigenvalue weighted by molar-refractivity contribution is 6.15. The molecule has 0 radical (unpaired) electrons. The van der Waals surface area contributed by atoms with Crippen LogP contribution in [0.1, 0.15) is 26.3 Å². The lowest BCUT2D eigenvalue weighted by atomic mass is 10.1. The van der Waals surface area contributed by atoms with Crippen molar-refractivity contribution in [3.05, 3.63) is 42.8 Å². The van der Waals surface area contributed by atoms with E-state index in [1.165, 1.54) is 6.39 Å². The van der Waals surface area contributed by atoms with E-state index >= 15 is 0 Å². The predicted molar refractivity (Wildman–Crippen MR) is 74.6 cm³/mol. The van der Waals surface area contributed by atoms with Gasteiger partial charge in [0.1, 0.15) is 5.60 Å². The van der Waals surface area contributed by atoms with Crippen molar-refractivity contribution >= 4 is 11.5 Å². The molecule has 0 fully saturated rings. The summed E-state index contributed by atoms with van der Waals surface area (Å²) in [5, 5.41) is 7.43. The van der Waals surface area contributed by atoms with Crippen LogP contribution in [0.5, 0.6) is 0 Å². The summed E-state index contributed by atoms with van der Waals surface area (Å²) in [6, 6.07) is 7.12. The number of ether oxygens (including phenoxy) is 1. The van der Waals surface area contributed by atoms with Crippen molar-refractivity contribution in [1.29, 1.82) is 0 Å². The quantitative estimate of drug-likeness (QED) is 0.634. The summed E-state index contributed by atoms with van der Waals surface area (Å²) in [6.45, 7) is 9.22. The molecule has 0 aliphatic carbocycles. The first-order valence-electron chi connectivity index (χ1n) is 6.16. The Morgan fingerprint density at radius 2 is 1.90 bits per heavy atom. The molecule has 0 aliphatic heterocycles. The molecule has 1 aromatic carbocycles. The molecule has 0 saturated carbocycles. The molecule has 0 unspecified atom stereocenters. The average Bonchev–Trinajstić information content (AvgIpc) is 2.90. The van der Waals surface area contributed by atoms with E-state index in [1.54, 1.807) is 24.3 Å². The SMILES string of the molecule is C=C(C(=O)OC(C)(C)C)c1ccc(-c2nnco2)cc1. The molecule has 0 saturated heterocycles. The second-order valence-electron chi connectivity index (χ2n) is 5.30. The van der Waals surface area contributed by atoms with E-state index in [0.717, 1.165) is 5.56 Å². The zero-order valence-corrected chi connectivity index (χ0v) is 11.7. The average molecular weight is 272 g/mol. The fourth-order valence-electron chi connectivity index (χ4n) is 1.57. The molecule has 5 heteroatoms. The topological polar surface area (TPSA) is 65.2 Å². The van der Waals surface area contributed by atoms with Gasteiger partial charge in [-0.15, -0.1) is 10.2 Å². The second kappa shape index (κ2) is 5.28. The maximum atomic E-state index is 11.9. The van der Waals surface area contributed by atoms with Gasteiger partial charge in [0.2, 0.25) is 12.3 Å². The standard InChI is InChI=1S/C15H16N2O3/c1-10(14(18)20-15(2,3)4)11-5-7-12(8-6-11)13-17-16-9-19-13/h5-9H,1H2,2-4H3. The van der Waals surface area contributed by atoms with Crippen LogP contribution in [0, 0.1) is 0 Å². The van der Waals surface area contributed by atoms with Gasteiger partial charge >= 0.3 is 5.97 Å². The minimum atomic E-state index is -0.538. The van der Waals surface area contributed by atoms with Crippen molar-refractivity contribution in [1.82, 2.24) is 10.2 Å². The summed E-state index contributed by atoms with van der Waals surface area (Å²) in [6.07, 6.45) is 1.27. The van der Waals surface area contributed by atoms with Gasteiger partial charge in [-0.1, -0.05) is 18.7 Å². The zero-order valence-electron chi connectivity index (χ0n) is 11.7. The minimum absolute atomic E-state index is 0.317. The summed E-state index contributed by atoms with van der Waals surface area (Å²) in [4.78, 5) is 11.9. The predicted octanol–water partition coefficient (Wildman–Crippen LogP) is 3.09. The lowest BCUT2D eigenvalue weighted by Crippen LogP contribution is -2.24. The first kappa shape index (κ1) is 14.0. The van der Waals surface area contributed by atoms with Crippen molar-refractivity contribution in [3.63, 3.8) is 0 Å². The van der Waals surface area contributed by atoms with Crippen LogP contribution in [0.4, 0.5) is 0 Å². The van der Waals surface area contributed by atoms with E-state index < -0.39 is 11.6 Å². The van der Waals surface area contributed by atoms with Crippen molar-refractivity contribution in [2.75, 3.05) is 0 Å². The lowest BCUT2D eigenvalue weighted by molar-refractivity contribution is -0.147. The molecule has 2 aromatic rings. The normalized spacial score (nSPS) is 11.2. The summed E-state index contributed by atoms with van der Waals surface area (Å²) >= 11 is 0. The first-order valence-corrected chi connectivity index (χ1v) is 6.16. The zero-order chi connectivity index (χ0) is 14.8. The van der Waals surface area contributed by atoms with Gasteiger partial charge in [-0.3, -0.25) is 0 Å². The number of esters is 1. The third kappa shape index (κ3) is 3.32. The van der Waals surface area contributed by atoms with Crippen LogP contribution in [0.3, 0.4) is 0 Å². The van der Waals surface area contributed by atoms with E-state index in [0.29, 0.717) is 17.0 Å². The van der Waals surface area contributed by atoms with Crippen LogP contribution < -0.4 is 0 Å². The Balaban J connectivity index is 2.14. The Hall–Kier alpha value is -2.43. The van der Waals surface area contributed by atoms with E-state index in [1.807, 2.05) is 20.8 Å². The van der Waals surface area contributed by atoms with Gasteiger partial charge in [0.05, 0.1) is 5.57 Å². The maximum absolute atomic E-state index is 11.9. The van der Waals surface area contributed by atoms with Crippen molar-refractivity contribution in [2.24, 2.45) is 0 Å². The summed E-state index contributed by atoms with van der Waals surface area (Å²) in [7, 11) is 0. The molecule has 0 spiro atoms. The third-order valence-electron chi connectivity index (χ3n) is 2.49. The number of benzene rings is 1. The van der Waals surface area contributed by atoms with Crippen molar-refractivity contribution < 1.29 is 13.9 Å². The number of rotatable bonds is 3. The highest BCUT2D eigenvalue weighted by Gasteiger charge is 2.19. The molecule has 0 aliphatic rings. The van der Waals surface area contributed by atoms with Crippen LogP contribution in [0.2, 0.25) is 0 Å². The van der Waals surface area contributed by atoms with Gasteiger partial charge in [0, 0.05) is 5.56 Å². The smallest absolute Gasteiger partial charge is 0.338 e. The monoisotopic (exact) mass is 272 g/mol. The summed E-state index contributed by atoms with van der Waals surface area (Å²) in [5.41, 5.74) is 1.26. The Labute approximate surface area is 117 Å². The van der Waals surface area contributed by atoms with Crippen LogP contribution in [0.25, 0.3) is 17.0 Å². The molecule has 104 valence electrons. The molecule has 0 atom stereocenters. The van der Waals surface area contributed by atoms with Crippen LogP contribution in [-0.4, -0.2) is 21.8 Å². The van der Waals surface area contributed by atoms with Crippen LogP contribution in [0.15, 0.2) is 41.7 Å². The minimum Gasteiger partial charge on any atom is -0.456 e. The molecule has 0 bridgehead atoms. The number of hydrogen-bond acceptors (Lipinski definition) is 5. The Kier molecular flexibility index (Phi) is 3.70. The second-order valence-corrected chi connectivity index (χ2v) is 5.30. The molecule has 0 amide bonds. The molecule has 1 heterocycles. The van der Waals surface area contributed by atoms with Gasteiger partial charge in [-0.05, 0) is 38.5 Å². The number of carbonyl (C=O) groups excluding carboxylic acids is 1. The van der Waals surface area contributed by atoms with Crippen LogP contribution >= 0.6 is 0 Å². The van der Waals surface area contributed by atoms with Crippen LogP contribution in [-0.2, 0) is 9.53 Å². The van der Waals surface area contributed by atoms with Gasteiger partial charge in [-0.25, -0.2) is 4.79 Å². The molecule has 2 rings (SSSR count). The van der Waals surface area contributed by atoms with Gasteiger partial charge in [0.25, 0.3) is 0 Å². The summed E-state index contributed by atoms with van der Waals surface area (Å²) in [5.74, 6) is 0.00229. The van der Waals surface area contributed by atoms with Crippen molar-refractivity contribution in [2.45, 2.75) is 26.4 Å². The maximum Gasteiger partial charge on any atom is 0.338 e. The van der Waals surface area contributed by atoms with Crippen molar-refractivity contribution in [3.8, 4) is 11.5 Å². The molecule has 5 nitrogen and oxygen atoms in total. The Morgan fingerprint density at radius 1 is 1.25 bits per heavy atom. The Morgan fingerprint density at radius 3 is 2.40 bits per heavy atom. The van der Waals surface area contributed by atoms with E-state index in [9.17, 15) is 4.79 Å². The third-order valence-corrected chi connectivity index (χ3v) is 2.49. The lowest BCUT2D eigenvalue weighted by Gasteiger charge is -2.20. The first-order chi connectivity index (χ1) is 9.37. The molecule has 0 N–H and O–H groups in total. The molecular formula is C15H16N2O3. The summed E-state index contributed by atoms with van der Waals surface area (Å²) < 4.78 is 10.4. The van der Waals surface area contributed by atoms with Gasteiger partial charge in [-0.2, -0.15) is 0 Å². The number of carbonyl (C=O) groups is 1. The van der Waals surface area contributed by atoms with Gasteiger partial charge < -0.3 is 9.15 Å². The highest BCUT2D eigenvalue weighted by atomic mass is 16.6. The number of hydrogen-bond donors (Lipinski definition) is 0. The van der Waals surface area contributed by atoms with Gasteiger partial charge in [0.15, 0.2) is 0 Å². The van der Waals surface area contributed by atoms with E-state index in [4.69, 9.17) is 9.15 Å². The molecule has 1 aromatic heterocycles.